The lowest BCUT2D eigenvalue weighted by atomic mass is 10.0. The molecule has 0 unspecified atom stereocenters. The normalized spacial score (nSPS) is 15.8. The van der Waals surface area contributed by atoms with Crippen molar-refractivity contribution in [1.29, 1.82) is 0 Å². The molecule has 0 spiro atoms. The lowest BCUT2D eigenvalue weighted by molar-refractivity contribution is 0.519. The summed E-state index contributed by atoms with van der Waals surface area (Å²) in [5.74, 6) is 1.49. The van der Waals surface area contributed by atoms with Crippen molar-refractivity contribution in [3.05, 3.63) is 10.4 Å². The van der Waals surface area contributed by atoms with Gasteiger partial charge in [0.25, 0.3) is 0 Å². The second-order valence-electron chi connectivity index (χ2n) is 5.39. The lowest BCUT2D eigenvalue weighted by Crippen LogP contribution is -2.06. The molecule has 108 valence electrons. The Labute approximate surface area is 127 Å². The van der Waals surface area contributed by atoms with Crippen LogP contribution >= 0.6 is 22.9 Å². The maximum Gasteiger partial charge on any atom is 0.148 e. The second-order valence-corrected chi connectivity index (χ2v) is 7.23. The number of hydrogen-bond acceptors (Lipinski definition) is 6. The third kappa shape index (κ3) is 2.96. The summed E-state index contributed by atoms with van der Waals surface area (Å²) in [6.45, 7) is 3.01. The van der Waals surface area contributed by atoms with E-state index < -0.39 is 0 Å². The molecule has 20 heavy (non-hydrogen) atoms. The van der Waals surface area contributed by atoms with Crippen LogP contribution in [0.5, 0.6) is 0 Å². The van der Waals surface area contributed by atoms with E-state index >= 15 is 0 Å². The topological polar surface area (TPSA) is 63.8 Å². The number of nitrogens with zero attached hydrogens (tertiary/aromatic N) is 2. The van der Waals surface area contributed by atoms with E-state index in [0.717, 1.165) is 33.7 Å². The maximum absolute atomic E-state index is 6.00. The molecule has 3 rings (SSSR count). The van der Waals surface area contributed by atoms with E-state index in [1.54, 1.807) is 11.3 Å². The van der Waals surface area contributed by atoms with Gasteiger partial charge >= 0.3 is 0 Å². The average Bonchev–Trinajstić information content (AvgIpc) is 3.12. The molecule has 2 heterocycles. The SMILES string of the molecule is Cc1nc(-c2c(N)nsc2NCCC2CCCC2)cs1. The van der Waals surface area contributed by atoms with Crippen molar-refractivity contribution in [3.8, 4) is 11.3 Å². The fourth-order valence-corrected chi connectivity index (χ4v) is 4.19. The van der Waals surface area contributed by atoms with Crippen molar-refractivity contribution in [3.63, 3.8) is 0 Å². The molecule has 0 aromatic carbocycles. The van der Waals surface area contributed by atoms with Gasteiger partial charge in [-0.05, 0) is 30.8 Å². The number of nitrogen functional groups attached to an aromatic ring is 1. The lowest BCUT2D eigenvalue weighted by Gasteiger charge is -2.10. The Kier molecular flexibility index (Phi) is 4.21. The molecular formula is C14H20N4S2. The highest BCUT2D eigenvalue weighted by molar-refractivity contribution is 7.11. The Morgan fingerprint density at radius 3 is 2.90 bits per heavy atom. The van der Waals surface area contributed by atoms with Gasteiger partial charge in [-0.15, -0.1) is 11.3 Å². The molecule has 6 heteroatoms. The molecule has 0 aliphatic heterocycles. The number of aromatic nitrogens is 2. The minimum absolute atomic E-state index is 0.587. The molecule has 4 nitrogen and oxygen atoms in total. The zero-order valence-electron chi connectivity index (χ0n) is 11.7. The average molecular weight is 308 g/mol. The van der Waals surface area contributed by atoms with Crippen LogP contribution in [-0.4, -0.2) is 15.9 Å². The van der Waals surface area contributed by atoms with Gasteiger partial charge in [0.2, 0.25) is 0 Å². The number of nitrogens with two attached hydrogens (primary N) is 1. The molecule has 0 amide bonds. The summed E-state index contributed by atoms with van der Waals surface area (Å²) in [6, 6.07) is 0. The van der Waals surface area contributed by atoms with Crippen LogP contribution in [0.4, 0.5) is 10.8 Å². The van der Waals surface area contributed by atoms with Crippen molar-refractivity contribution in [1.82, 2.24) is 9.36 Å². The summed E-state index contributed by atoms with van der Waals surface area (Å²) in [5, 5.41) is 7.68. The largest absolute Gasteiger partial charge is 0.382 e. The first-order valence-corrected chi connectivity index (χ1v) is 8.81. The summed E-state index contributed by atoms with van der Waals surface area (Å²) in [5.41, 5.74) is 7.92. The zero-order valence-corrected chi connectivity index (χ0v) is 13.3. The van der Waals surface area contributed by atoms with E-state index in [4.69, 9.17) is 5.73 Å². The molecule has 1 saturated carbocycles. The molecule has 0 saturated heterocycles. The molecule has 1 fully saturated rings. The first-order chi connectivity index (χ1) is 9.74. The minimum atomic E-state index is 0.587. The second kappa shape index (κ2) is 6.10. The number of thiazole rings is 1. The Bertz CT molecular complexity index is 569. The van der Waals surface area contributed by atoms with Crippen LogP contribution in [-0.2, 0) is 0 Å². The summed E-state index contributed by atoms with van der Waals surface area (Å²) in [6.07, 6.45) is 6.84. The molecule has 1 aliphatic rings. The Balaban J connectivity index is 1.67. The van der Waals surface area contributed by atoms with Crippen LogP contribution in [0.25, 0.3) is 11.3 Å². The van der Waals surface area contributed by atoms with Crippen molar-refractivity contribution < 1.29 is 0 Å². The smallest absolute Gasteiger partial charge is 0.148 e. The quantitative estimate of drug-likeness (QED) is 0.871. The molecule has 2 aromatic rings. The Hall–Kier alpha value is -1.14. The van der Waals surface area contributed by atoms with Crippen LogP contribution in [0.2, 0.25) is 0 Å². The van der Waals surface area contributed by atoms with Crippen molar-refractivity contribution in [2.45, 2.75) is 39.0 Å². The van der Waals surface area contributed by atoms with Crippen LogP contribution in [0, 0.1) is 12.8 Å². The summed E-state index contributed by atoms with van der Waals surface area (Å²) >= 11 is 3.09. The predicted octanol–water partition coefficient (Wildman–Crippen LogP) is 4.15. The monoisotopic (exact) mass is 308 g/mol. The van der Waals surface area contributed by atoms with E-state index in [1.807, 2.05) is 6.92 Å². The molecular weight excluding hydrogens is 288 g/mol. The van der Waals surface area contributed by atoms with E-state index in [1.165, 1.54) is 43.6 Å². The molecule has 0 bridgehead atoms. The summed E-state index contributed by atoms with van der Waals surface area (Å²) in [4.78, 5) is 4.53. The zero-order chi connectivity index (χ0) is 13.9. The van der Waals surface area contributed by atoms with Gasteiger partial charge in [0.05, 0.1) is 16.3 Å². The van der Waals surface area contributed by atoms with Gasteiger partial charge in [-0.2, -0.15) is 4.37 Å². The van der Waals surface area contributed by atoms with E-state index in [2.05, 4.69) is 20.1 Å². The standard InChI is InChI=1S/C14H20N4S2/c1-9-17-11(8-19-9)12-13(15)18-20-14(12)16-7-6-10-4-2-3-5-10/h8,10,16H,2-7H2,1H3,(H2,15,18). The van der Waals surface area contributed by atoms with Crippen molar-refractivity contribution >= 4 is 33.7 Å². The highest BCUT2D eigenvalue weighted by atomic mass is 32.1. The molecule has 0 radical (unpaired) electrons. The highest BCUT2D eigenvalue weighted by Gasteiger charge is 2.18. The third-order valence-corrected chi connectivity index (χ3v) is 5.50. The predicted molar refractivity (Wildman–Crippen MR) is 87.4 cm³/mol. The highest BCUT2D eigenvalue weighted by Crippen LogP contribution is 2.37. The number of nitrogens with one attached hydrogen (secondary N) is 1. The molecule has 1 aliphatic carbocycles. The molecule has 3 N–H and O–H groups in total. The Morgan fingerprint density at radius 1 is 1.40 bits per heavy atom. The van der Waals surface area contributed by atoms with E-state index in [9.17, 15) is 0 Å². The fourth-order valence-electron chi connectivity index (χ4n) is 2.84. The van der Waals surface area contributed by atoms with Crippen LogP contribution in [0.1, 0.15) is 37.1 Å². The molecule has 0 atom stereocenters. The van der Waals surface area contributed by atoms with Gasteiger partial charge in [-0.1, -0.05) is 25.7 Å². The molecule has 2 aromatic heterocycles. The number of hydrogen-bond donors (Lipinski definition) is 2. The van der Waals surface area contributed by atoms with Crippen molar-refractivity contribution in [2.75, 3.05) is 17.6 Å². The van der Waals surface area contributed by atoms with E-state index in [0.29, 0.717) is 5.82 Å². The van der Waals surface area contributed by atoms with E-state index in [-0.39, 0.29) is 0 Å². The summed E-state index contributed by atoms with van der Waals surface area (Å²) < 4.78 is 4.27. The fraction of sp³-hybridized carbons (Fsp3) is 0.571. The van der Waals surface area contributed by atoms with Gasteiger partial charge in [0.15, 0.2) is 0 Å². The Morgan fingerprint density at radius 2 is 2.20 bits per heavy atom. The number of anilines is 2. The first kappa shape index (κ1) is 13.8. The first-order valence-electron chi connectivity index (χ1n) is 7.15. The minimum Gasteiger partial charge on any atom is -0.382 e. The van der Waals surface area contributed by atoms with Crippen LogP contribution in [0.15, 0.2) is 5.38 Å². The number of aryl methyl sites for hydroxylation is 1. The van der Waals surface area contributed by atoms with Crippen molar-refractivity contribution in [2.24, 2.45) is 5.92 Å². The van der Waals surface area contributed by atoms with Crippen LogP contribution in [0.3, 0.4) is 0 Å². The maximum atomic E-state index is 6.00. The van der Waals surface area contributed by atoms with Gasteiger partial charge in [0.1, 0.15) is 10.8 Å². The summed E-state index contributed by atoms with van der Waals surface area (Å²) in [7, 11) is 0. The number of rotatable bonds is 5. The van der Waals surface area contributed by atoms with Crippen LogP contribution < -0.4 is 11.1 Å². The van der Waals surface area contributed by atoms with Gasteiger partial charge < -0.3 is 11.1 Å². The third-order valence-electron chi connectivity index (χ3n) is 3.91. The van der Waals surface area contributed by atoms with Gasteiger partial charge in [0, 0.05) is 11.9 Å². The van der Waals surface area contributed by atoms with Gasteiger partial charge in [-0.3, -0.25) is 0 Å². The van der Waals surface area contributed by atoms with Gasteiger partial charge in [-0.25, -0.2) is 4.98 Å².